The van der Waals surface area contributed by atoms with Crippen LogP contribution in [0.15, 0.2) is 48.5 Å². The van der Waals surface area contributed by atoms with Crippen LogP contribution in [0.1, 0.15) is 24.0 Å². The zero-order chi connectivity index (χ0) is 14.1. The van der Waals surface area contributed by atoms with Gasteiger partial charge in [0, 0.05) is 17.9 Å². The zero-order valence-electron chi connectivity index (χ0n) is 11.5. The molecule has 3 nitrogen and oxygen atoms in total. The Labute approximate surface area is 119 Å². The molecule has 0 heterocycles. The Kier molecular flexibility index (Phi) is 3.18. The number of benzene rings is 2. The van der Waals surface area contributed by atoms with Crippen molar-refractivity contribution in [1.82, 2.24) is 0 Å². The second kappa shape index (κ2) is 5.00. The van der Waals surface area contributed by atoms with Gasteiger partial charge in [-0.05, 0) is 48.7 Å². The van der Waals surface area contributed by atoms with E-state index < -0.39 is 0 Å². The van der Waals surface area contributed by atoms with Crippen molar-refractivity contribution >= 4 is 17.3 Å². The molecule has 102 valence electrons. The van der Waals surface area contributed by atoms with Crippen molar-refractivity contribution in [2.75, 3.05) is 17.2 Å². The maximum atomic E-state index is 12.7. The number of carbonyl (C=O) groups excluding carboxylic acids is 1. The summed E-state index contributed by atoms with van der Waals surface area (Å²) in [5.41, 5.74) is 9.79. The normalized spacial score (nSPS) is 16.1. The predicted molar refractivity (Wildman–Crippen MR) is 81.8 cm³/mol. The van der Waals surface area contributed by atoms with E-state index in [-0.39, 0.29) is 11.8 Å². The van der Waals surface area contributed by atoms with Crippen LogP contribution in [0.2, 0.25) is 0 Å². The third kappa shape index (κ3) is 2.05. The maximum Gasteiger partial charge on any atom is 0.234 e. The summed E-state index contributed by atoms with van der Waals surface area (Å²) >= 11 is 0. The van der Waals surface area contributed by atoms with E-state index in [1.54, 1.807) is 0 Å². The lowest BCUT2D eigenvalue weighted by Crippen LogP contribution is -2.39. The molecule has 20 heavy (non-hydrogen) atoms. The smallest absolute Gasteiger partial charge is 0.234 e. The van der Waals surface area contributed by atoms with Crippen molar-refractivity contribution in [3.8, 4) is 0 Å². The van der Waals surface area contributed by atoms with E-state index in [0.717, 1.165) is 12.1 Å². The van der Waals surface area contributed by atoms with E-state index >= 15 is 0 Å². The van der Waals surface area contributed by atoms with Crippen molar-refractivity contribution in [2.45, 2.75) is 19.3 Å². The Balaban J connectivity index is 1.84. The summed E-state index contributed by atoms with van der Waals surface area (Å²) in [6, 6.07) is 15.6. The Morgan fingerprint density at radius 2 is 1.90 bits per heavy atom. The van der Waals surface area contributed by atoms with Gasteiger partial charge in [0.15, 0.2) is 0 Å². The highest BCUT2D eigenvalue weighted by atomic mass is 16.2. The summed E-state index contributed by atoms with van der Waals surface area (Å²) in [6.45, 7) is 2.67. The molecule has 0 fully saturated rings. The summed E-state index contributed by atoms with van der Waals surface area (Å²) in [5, 5.41) is 0. The van der Waals surface area contributed by atoms with E-state index in [0.29, 0.717) is 12.2 Å². The Morgan fingerprint density at radius 1 is 1.20 bits per heavy atom. The van der Waals surface area contributed by atoms with Crippen molar-refractivity contribution in [1.29, 1.82) is 0 Å². The van der Waals surface area contributed by atoms with E-state index in [1.807, 2.05) is 48.2 Å². The summed E-state index contributed by atoms with van der Waals surface area (Å²) in [5.74, 6) is 0.180. The van der Waals surface area contributed by atoms with Crippen molar-refractivity contribution in [3.05, 3.63) is 59.7 Å². The molecule has 1 unspecified atom stereocenters. The molecule has 2 aromatic carbocycles. The molecule has 0 bridgehead atoms. The van der Waals surface area contributed by atoms with Crippen LogP contribution >= 0.6 is 0 Å². The summed E-state index contributed by atoms with van der Waals surface area (Å²) in [7, 11) is 0. The van der Waals surface area contributed by atoms with Gasteiger partial charge in [-0.3, -0.25) is 4.79 Å². The first-order valence-electron chi connectivity index (χ1n) is 6.95. The van der Waals surface area contributed by atoms with Gasteiger partial charge >= 0.3 is 0 Å². The summed E-state index contributed by atoms with van der Waals surface area (Å²) in [4.78, 5) is 14.5. The number of likely N-dealkylation sites (N-methyl/N-ethyl adjacent to an activating group) is 1. The number of rotatable bonds is 3. The van der Waals surface area contributed by atoms with E-state index in [4.69, 9.17) is 5.73 Å². The predicted octanol–water partition coefficient (Wildman–Crippen LogP) is 2.96. The van der Waals surface area contributed by atoms with Gasteiger partial charge in [-0.25, -0.2) is 0 Å². The quantitative estimate of drug-likeness (QED) is 0.868. The minimum Gasteiger partial charge on any atom is -0.399 e. The monoisotopic (exact) mass is 266 g/mol. The number of fused-ring (bicyclic) bond motifs is 1. The molecule has 0 aromatic heterocycles. The zero-order valence-corrected chi connectivity index (χ0v) is 11.5. The third-order valence-corrected chi connectivity index (χ3v) is 3.94. The van der Waals surface area contributed by atoms with E-state index in [1.165, 1.54) is 11.1 Å². The highest BCUT2D eigenvalue weighted by molar-refractivity contribution is 5.99. The molecule has 1 aliphatic carbocycles. The van der Waals surface area contributed by atoms with Crippen LogP contribution in [0, 0.1) is 0 Å². The molecule has 3 heteroatoms. The summed E-state index contributed by atoms with van der Waals surface area (Å²) in [6.07, 6.45) is 0.848. The first-order chi connectivity index (χ1) is 9.70. The summed E-state index contributed by atoms with van der Waals surface area (Å²) < 4.78 is 0. The van der Waals surface area contributed by atoms with Crippen molar-refractivity contribution in [3.63, 3.8) is 0 Å². The molecule has 1 aliphatic rings. The van der Waals surface area contributed by atoms with E-state index in [9.17, 15) is 4.79 Å². The second-order valence-corrected chi connectivity index (χ2v) is 5.13. The van der Waals surface area contributed by atoms with Gasteiger partial charge in [-0.2, -0.15) is 0 Å². The van der Waals surface area contributed by atoms with Crippen LogP contribution in [0.3, 0.4) is 0 Å². The van der Waals surface area contributed by atoms with Gasteiger partial charge in [0.2, 0.25) is 5.91 Å². The number of nitrogens with two attached hydrogens (primary N) is 1. The Hall–Kier alpha value is -2.29. The average Bonchev–Trinajstić information content (AvgIpc) is 2.43. The minimum absolute atomic E-state index is 0.00343. The van der Waals surface area contributed by atoms with Crippen LogP contribution in [0.4, 0.5) is 11.4 Å². The largest absolute Gasteiger partial charge is 0.399 e. The fourth-order valence-corrected chi connectivity index (χ4v) is 2.79. The van der Waals surface area contributed by atoms with Crippen LogP contribution < -0.4 is 10.6 Å². The Morgan fingerprint density at radius 3 is 2.55 bits per heavy atom. The lowest BCUT2D eigenvalue weighted by atomic mass is 9.77. The van der Waals surface area contributed by atoms with Crippen molar-refractivity contribution < 1.29 is 4.79 Å². The van der Waals surface area contributed by atoms with Gasteiger partial charge in [0.05, 0.1) is 5.92 Å². The molecule has 0 saturated carbocycles. The number of hydrogen-bond donors (Lipinski definition) is 1. The molecule has 0 spiro atoms. The number of anilines is 2. The number of amides is 1. The fourth-order valence-electron chi connectivity index (χ4n) is 2.79. The van der Waals surface area contributed by atoms with Crippen LogP contribution in [-0.4, -0.2) is 12.5 Å². The highest BCUT2D eigenvalue weighted by Gasteiger charge is 2.34. The molecule has 3 rings (SSSR count). The fraction of sp³-hybridized carbons (Fsp3) is 0.235. The van der Waals surface area contributed by atoms with Crippen LogP contribution in [-0.2, 0) is 11.2 Å². The average molecular weight is 266 g/mol. The molecule has 1 atom stereocenters. The third-order valence-electron chi connectivity index (χ3n) is 3.94. The van der Waals surface area contributed by atoms with E-state index in [2.05, 4.69) is 12.1 Å². The standard InChI is InChI=1S/C17H18N2O/c1-2-19(14-9-7-13(18)8-10-14)17(20)16-11-12-5-3-4-6-15(12)16/h3-10,16H,2,11,18H2,1H3. The Bertz CT molecular complexity index is 634. The minimum atomic E-state index is 0.00343. The molecule has 1 amide bonds. The number of carbonyl (C=O) groups is 1. The van der Waals surface area contributed by atoms with Gasteiger partial charge in [0.25, 0.3) is 0 Å². The lowest BCUT2D eigenvalue weighted by Gasteiger charge is -2.33. The number of nitrogens with zero attached hydrogens (tertiary/aromatic N) is 1. The first-order valence-corrected chi connectivity index (χ1v) is 6.95. The maximum absolute atomic E-state index is 12.7. The van der Waals surface area contributed by atoms with Crippen LogP contribution in [0.5, 0.6) is 0 Å². The molecular formula is C17H18N2O. The first kappa shape index (κ1) is 12.7. The second-order valence-electron chi connectivity index (χ2n) is 5.13. The van der Waals surface area contributed by atoms with Crippen molar-refractivity contribution in [2.24, 2.45) is 0 Å². The van der Waals surface area contributed by atoms with Gasteiger partial charge in [0.1, 0.15) is 0 Å². The van der Waals surface area contributed by atoms with Gasteiger partial charge in [-0.1, -0.05) is 24.3 Å². The SMILES string of the molecule is CCN(C(=O)C1Cc2ccccc21)c1ccc(N)cc1. The molecular weight excluding hydrogens is 248 g/mol. The van der Waals surface area contributed by atoms with Crippen LogP contribution in [0.25, 0.3) is 0 Å². The topological polar surface area (TPSA) is 46.3 Å². The lowest BCUT2D eigenvalue weighted by molar-refractivity contribution is -0.120. The molecule has 0 radical (unpaired) electrons. The number of hydrogen-bond acceptors (Lipinski definition) is 2. The molecule has 2 N–H and O–H groups in total. The van der Waals surface area contributed by atoms with Gasteiger partial charge in [-0.15, -0.1) is 0 Å². The molecule has 2 aromatic rings. The molecule has 0 saturated heterocycles. The van der Waals surface area contributed by atoms with Gasteiger partial charge < -0.3 is 10.6 Å². The number of nitrogen functional groups attached to an aromatic ring is 1. The molecule has 0 aliphatic heterocycles. The highest BCUT2D eigenvalue weighted by Crippen LogP contribution is 2.37.